The van der Waals surface area contributed by atoms with Gasteiger partial charge in [0.1, 0.15) is 17.9 Å². The zero-order chi connectivity index (χ0) is 17.1. The molecule has 0 aliphatic carbocycles. The van der Waals surface area contributed by atoms with Gasteiger partial charge >= 0.3 is 5.97 Å². The van der Waals surface area contributed by atoms with E-state index in [0.29, 0.717) is 31.8 Å². The van der Waals surface area contributed by atoms with Gasteiger partial charge in [0, 0.05) is 24.6 Å². The molecule has 0 radical (unpaired) electrons. The molecule has 2 aromatic rings. The Morgan fingerprint density at radius 3 is 2.67 bits per heavy atom. The minimum atomic E-state index is -1.01. The van der Waals surface area contributed by atoms with Crippen molar-refractivity contribution in [3.63, 3.8) is 0 Å². The van der Waals surface area contributed by atoms with Crippen LogP contribution in [0.3, 0.4) is 0 Å². The van der Waals surface area contributed by atoms with E-state index in [1.807, 2.05) is 30.3 Å². The van der Waals surface area contributed by atoms with Crippen LogP contribution < -0.4 is 0 Å². The zero-order valence-electron chi connectivity index (χ0n) is 13.6. The van der Waals surface area contributed by atoms with Crippen LogP contribution >= 0.6 is 0 Å². The number of carboxylic acids is 1. The molecule has 0 bridgehead atoms. The van der Waals surface area contributed by atoms with E-state index in [4.69, 9.17) is 9.15 Å². The quantitative estimate of drug-likeness (QED) is 0.911. The fourth-order valence-electron chi connectivity index (χ4n) is 3.12. The van der Waals surface area contributed by atoms with E-state index in [1.54, 1.807) is 6.92 Å². The number of nitrogens with zero attached hydrogens (tertiary/aromatic N) is 1. The van der Waals surface area contributed by atoms with E-state index in [9.17, 15) is 14.7 Å². The molecule has 128 valence electrons. The van der Waals surface area contributed by atoms with Crippen molar-refractivity contribution >= 4 is 22.8 Å². The molecule has 0 saturated carbocycles. The number of carbonyl (C=O) groups is 2. The first-order valence-corrected chi connectivity index (χ1v) is 8.14. The Morgan fingerprint density at radius 2 is 2.00 bits per heavy atom. The van der Waals surface area contributed by atoms with E-state index >= 15 is 0 Å². The first-order chi connectivity index (χ1) is 11.6. The van der Waals surface area contributed by atoms with Crippen molar-refractivity contribution in [2.75, 3.05) is 19.8 Å². The standard InChI is InChI=1S/C18H21NO5/c1-12(16-10-13-4-2-3-5-15(13)24-16)18(22)19(11-17(20)21)14-6-8-23-9-7-14/h2-5,10,12,14H,6-9,11H2,1H3,(H,20,21)/t12-/m0/s1. The van der Waals surface area contributed by atoms with Crippen molar-refractivity contribution in [1.82, 2.24) is 4.90 Å². The summed E-state index contributed by atoms with van der Waals surface area (Å²) in [6.07, 6.45) is 1.32. The number of benzene rings is 1. The van der Waals surface area contributed by atoms with Crippen molar-refractivity contribution in [2.24, 2.45) is 0 Å². The number of ether oxygens (including phenoxy) is 1. The van der Waals surface area contributed by atoms with Crippen LogP contribution in [0.15, 0.2) is 34.7 Å². The van der Waals surface area contributed by atoms with Crippen LogP contribution in [0.25, 0.3) is 11.0 Å². The number of hydrogen-bond acceptors (Lipinski definition) is 4. The van der Waals surface area contributed by atoms with Crippen LogP contribution in [-0.2, 0) is 14.3 Å². The average molecular weight is 331 g/mol. The molecule has 0 spiro atoms. The second-order valence-corrected chi connectivity index (χ2v) is 6.11. The van der Waals surface area contributed by atoms with Crippen molar-refractivity contribution < 1.29 is 23.8 Å². The fraction of sp³-hybridized carbons (Fsp3) is 0.444. The largest absolute Gasteiger partial charge is 0.480 e. The Morgan fingerprint density at radius 1 is 1.29 bits per heavy atom. The van der Waals surface area contributed by atoms with E-state index in [2.05, 4.69) is 0 Å². The Labute approximate surface area is 140 Å². The number of hydrogen-bond donors (Lipinski definition) is 1. The Bertz CT molecular complexity index is 699. The van der Waals surface area contributed by atoms with Gasteiger partial charge in [-0.1, -0.05) is 18.2 Å². The van der Waals surface area contributed by atoms with Gasteiger partial charge in [-0.3, -0.25) is 9.59 Å². The van der Waals surface area contributed by atoms with Gasteiger partial charge in [0.25, 0.3) is 0 Å². The average Bonchev–Trinajstić information content (AvgIpc) is 3.03. The molecule has 1 fully saturated rings. The van der Waals surface area contributed by atoms with Crippen LogP contribution in [0.4, 0.5) is 0 Å². The Hall–Kier alpha value is -2.34. The van der Waals surface area contributed by atoms with Crippen LogP contribution in [-0.4, -0.2) is 47.7 Å². The number of amides is 1. The predicted molar refractivity (Wildman–Crippen MR) is 87.8 cm³/mol. The summed E-state index contributed by atoms with van der Waals surface area (Å²) in [7, 11) is 0. The van der Waals surface area contributed by atoms with Crippen LogP contribution in [0.5, 0.6) is 0 Å². The topological polar surface area (TPSA) is 80.0 Å². The summed E-state index contributed by atoms with van der Waals surface area (Å²) in [5, 5.41) is 10.1. The molecule has 1 aliphatic rings. The lowest BCUT2D eigenvalue weighted by atomic mass is 10.0. The van der Waals surface area contributed by atoms with E-state index in [1.165, 1.54) is 4.90 Å². The second kappa shape index (κ2) is 7.05. The Kier molecular flexibility index (Phi) is 4.85. The fourth-order valence-corrected chi connectivity index (χ4v) is 3.12. The Balaban J connectivity index is 1.83. The highest BCUT2D eigenvalue weighted by Crippen LogP contribution is 2.28. The highest BCUT2D eigenvalue weighted by Gasteiger charge is 2.32. The first-order valence-electron chi connectivity index (χ1n) is 8.14. The minimum Gasteiger partial charge on any atom is -0.480 e. The van der Waals surface area contributed by atoms with Crippen molar-refractivity contribution in [3.05, 3.63) is 36.1 Å². The van der Waals surface area contributed by atoms with E-state index < -0.39 is 11.9 Å². The van der Waals surface area contributed by atoms with Gasteiger partial charge in [-0.2, -0.15) is 0 Å². The third-order valence-electron chi connectivity index (χ3n) is 4.46. The maximum absolute atomic E-state index is 12.9. The van der Waals surface area contributed by atoms with Gasteiger partial charge in [0.2, 0.25) is 5.91 Å². The second-order valence-electron chi connectivity index (χ2n) is 6.11. The lowest BCUT2D eigenvalue weighted by molar-refractivity contribution is -0.148. The smallest absolute Gasteiger partial charge is 0.323 e. The van der Waals surface area contributed by atoms with Gasteiger partial charge < -0.3 is 19.2 Å². The monoisotopic (exact) mass is 331 g/mol. The van der Waals surface area contributed by atoms with Gasteiger partial charge in [0.15, 0.2) is 0 Å². The number of para-hydroxylation sites is 1. The summed E-state index contributed by atoms with van der Waals surface area (Å²) < 4.78 is 11.1. The highest BCUT2D eigenvalue weighted by atomic mass is 16.5. The molecule has 24 heavy (non-hydrogen) atoms. The van der Waals surface area contributed by atoms with Crippen LogP contribution in [0.1, 0.15) is 31.4 Å². The maximum atomic E-state index is 12.9. The van der Waals surface area contributed by atoms with Crippen molar-refractivity contribution in [3.8, 4) is 0 Å². The molecule has 1 atom stereocenters. The highest BCUT2D eigenvalue weighted by molar-refractivity contribution is 5.88. The predicted octanol–water partition coefficient (Wildman–Crippen LogP) is 2.63. The molecule has 1 saturated heterocycles. The van der Waals surface area contributed by atoms with Gasteiger partial charge in [-0.05, 0) is 31.9 Å². The summed E-state index contributed by atoms with van der Waals surface area (Å²) in [6, 6.07) is 9.31. The molecule has 2 heterocycles. The summed E-state index contributed by atoms with van der Waals surface area (Å²) in [5.41, 5.74) is 0.725. The number of carbonyl (C=O) groups excluding carboxylic acids is 1. The van der Waals surface area contributed by atoms with Crippen LogP contribution in [0.2, 0.25) is 0 Å². The third-order valence-corrected chi connectivity index (χ3v) is 4.46. The molecule has 1 aliphatic heterocycles. The minimum absolute atomic E-state index is 0.103. The lowest BCUT2D eigenvalue weighted by Crippen LogP contribution is -2.47. The van der Waals surface area contributed by atoms with Crippen LogP contribution in [0, 0.1) is 0 Å². The molecular weight excluding hydrogens is 310 g/mol. The van der Waals surface area contributed by atoms with E-state index in [-0.39, 0.29) is 18.5 Å². The normalized spacial score (nSPS) is 16.9. The first kappa shape index (κ1) is 16.5. The molecule has 3 rings (SSSR count). The number of carboxylic acid groups (broad SMARTS) is 1. The summed E-state index contributed by atoms with van der Waals surface area (Å²) in [4.78, 5) is 25.6. The molecule has 1 aromatic heterocycles. The number of furan rings is 1. The van der Waals surface area contributed by atoms with Crippen molar-refractivity contribution in [1.29, 1.82) is 0 Å². The molecule has 0 unspecified atom stereocenters. The molecule has 1 aromatic carbocycles. The number of rotatable bonds is 5. The molecule has 1 amide bonds. The SMILES string of the molecule is C[C@H](C(=O)N(CC(=O)O)C1CCOCC1)c1cc2ccccc2o1. The van der Waals surface area contributed by atoms with Crippen molar-refractivity contribution in [2.45, 2.75) is 31.7 Å². The molecule has 1 N–H and O–H groups in total. The van der Waals surface area contributed by atoms with E-state index in [0.717, 1.165) is 11.0 Å². The summed E-state index contributed by atoms with van der Waals surface area (Å²) >= 11 is 0. The lowest BCUT2D eigenvalue weighted by Gasteiger charge is -2.34. The van der Waals surface area contributed by atoms with Gasteiger partial charge in [0.05, 0.1) is 5.92 Å². The molecule has 6 heteroatoms. The zero-order valence-corrected chi connectivity index (χ0v) is 13.6. The third kappa shape index (κ3) is 3.43. The maximum Gasteiger partial charge on any atom is 0.323 e. The number of fused-ring (bicyclic) bond motifs is 1. The summed E-state index contributed by atoms with van der Waals surface area (Å²) in [5.74, 6) is -1.20. The number of aliphatic carboxylic acids is 1. The molecule has 6 nitrogen and oxygen atoms in total. The summed E-state index contributed by atoms with van der Waals surface area (Å²) in [6.45, 7) is 2.56. The molecular formula is C18H21NO5. The van der Waals surface area contributed by atoms with Gasteiger partial charge in [-0.15, -0.1) is 0 Å². The van der Waals surface area contributed by atoms with Gasteiger partial charge in [-0.25, -0.2) is 0 Å².